The van der Waals surface area contributed by atoms with Gasteiger partial charge in [-0.15, -0.1) is 0 Å². The highest BCUT2D eigenvalue weighted by atomic mass is 32.2. The van der Waals surface area contributed by atoms with Crippen LogP contribution in [-0.2, 0) is 31.6 Å². The minimum Gasteiger partial charge on any atom is -0.352 e. The number of carbonyl (C=O) groups is 2. The van der Waals surface area contributed by atoms with Crippen molar-refractivity contribution in [3.63, 3.8) is 0 Å². The van der Waals surface area contributed by atoms with Crippen LogP contribution >= 0.6 is 0 Å². The summed E-state index contributed by atoms with van der Waals surface area (Å²) in [4.78, 5) is 28.2. The number of rotatable bonds is 11. The van der Waals surface area contributed by atoms with Crippen LogP contribution in [0.3, 0.4) is 0 Å². The second kappa shape index (κ2) is 12.0. The van der Waals surface area contributed by atoms with Crippen LogP contribution in [0.25, 0.3) is 0 Å². The maximum absolute atomic E-state index is 13.8. The molecule has 7 nitrogen and oxygen atoms in total. The molecule has 4 fully saturated rings. The summed E-state index contributed by atoms with van der Waals surface area (Å²) in [6.45, 7) is 5.06. The van der Waals surface area contributed by atoms with Crippen molar-refractivity contribution in [2.75, 3.05) is 17.1 Å². The monoisotopic (exact) mass is 597 g/mol. The smallest absolute Gasteiger partial charge is 0.244 e. The van der Waals surface area contributed by atoms with E-state index in [1.54, 1.807) is 19.1 Å². The van der Waals surface area contributed by atoms with E-state index in [9.17, 15) is 22.4 Å². The molecule has 0 aromatic heterocycles. The molecule has 0 saturated heterocycles. The number of sulfonamides is 1. The average molecular weight is 598 g/mol. The first-order valence-electron chi connectivity index (χ1n) is 15.3. The Morgan fingerprint density at radius 2 is 1.50 bits per heavy atom. The third kappa shape index (κ3) is 6.51. The number of hydrogen-bond donors (Lipinski definition) is 1. The third-order valence-corrected chi connectivity index (χ3v) is 11.1. The van der Waals surface area contributed by atoms with Gasteiger partial charge in [-0.2, -0.15) is 0 Å². The third-order valence-electron chi connectivity index (χ3n) is 9.92. The van der Waals surface area contributed by atoms with Gasteiger partial charge in [0.2, 0.25) is 21.8 Å². The summed E-state index contributed by atoms with van der Waals surface area (Å²) in [5.74, 6) is 1.15. The maximum Gasteiger partial charge on any atom is 0.244 e. The highest BCUT2D eigenvalue weighted by molar-refractivity contribution is 7.92. The largest absolute Gasteiger partial charge is 0.352 e. The fourth-order valence-corrected chi connectivity index (χ4v) is 8.74. The van der Waals surface area contributed by atoms with Crippen molar-refractivity contribution in [2.24, 2.45) is 17.8 Å². The second-order valence-electron chi connectivity index (χ2n) is 13.2. The van der Waals surface area contributed by atoms with Crippen molar-refractivity contribution < 1.29 is 22.4 Å². The molecule has 0 aliphatic heterocycles. The molecule has 9 heteroatoms. The molecule has 2 aromatic carbocycles. The van der Waals surface area contributed by atoms with E-state index in [2.05, 4.69) is 17.4 Å². The lowest BCUT2D eigenvalue weighted by molar-refractivity contribution is -0.139. The molecule has 1 N–H and O–H groups in total. The quantitative estimate of drug-likeness (QED) is 0.376. The van der Waals surface area contributed by atoms with E-state index in [4.69, 9.17) is 0 Å². The van der Waals surface area contributed by atoms with Gasteiger partial charge in [-0.05, 0) is 117 Å². The molecule has 4 aliphatic carbocycles. The Bertz CT molecular complexity index is 1360. The van der Waals surface area contributed by atoms with E-state index in [1.165, 1.54) is 61.1 Å². The van der Waals surface area contributed by atoms with Crippen LogP contribution in [-0.4, -0.2) is 50.0 Å². The van der Waals surface area contributed by atoms with Gasteiger partial charge in [0.1, 0.15) is 18.4 Å². The van der Waals surface area contributed by atoms with Gasteiger partial charge in [-0.25, -0.2) is 12.8 Å². The molecule has 4 aliphatic rings. The van der Waals surface area contributed by atoms with Crippen LogP contribution in [0.5, 0.6) is 0 Å². The topological polar surface area (TPSA) is 86.8 Å². The van der Waals surface area contributed by atoms with Crippen LogP contribution < -0.4 is 9.62 Å². The fraction of sp³-hybridized carbons (Fsp3) is 0.576. The first kappa shape index (κ1) is 30.5. The van der Waals surface area contributed by atoms with Crippen LogP contribution in [0.15, 0.2) is 48.5 Å². The van der Waals surface area contributed by atoms with Gasteiger partial charge in [0.05, 0.1) is 11.9 Å². The molecule has 2 aromatic rings. The molecule has 4 saturated carbocycles. The Morgan fingerprint density at radius 1 is 0.952 bits per heavy atom. The Morgan fingerprint density at radius 3 is 2.00 bits per heavy atom. The molecule has 2 amide bonds. The zero-order valence-electron chi connectivity index (χ0n) is 25.2. The number of halogens is 1. The summed E-state index contributed by atoms with van der Waals surface area (Å²) in [6.07, 6.45) is 9.50. The van der Waals surface area contributed by atoms with Gasteiger partial charge < -0.3 is 10.2 Å². The molecule has 2 atom stereocenters. The maximum atomic E-state index is 13.8. The summed E-state index contributed by atoms with van der Waals surface area (Å²) in [5, 5.41) is 2.91. The number of benzene rings is 2. The summed E-state index contributed by atoms with van der Waals surface area (Å²) in [5.41, 5.74) is 2.53. The molecule has 0 unspecified atom stereocenters. The van der Waals surface area contributed by atoms with Crippen molar-refractivity contribution in [3.8, 4) is 0 Å². The molecule has 6 rings (SSSR count). The van der Waals surface area contributed by atoms with Crippen LogP contribution in [0.2, 0.25) is 0 Å². The molecule has 0 heterocycles. The minimum atomic E-state index is -3.82. The molecular weight excluding hydrogens is 553 g/mol. The first-order valence-corrected chi connectivity index (χ1v) is 17.1. The lowest BCUT2D eigenvalue weighted by atomic mass is 9.48. The van der Waals surface area contributed by atoms with Gasteiger partial charge >= 0.3 is 0 Å². The van der Waals surface area contributed by atoms with Gasteiger partial charge in [0.15, 0.2) is 0 Å². The Labute approximate surface area is 249 Å². The standard InChI is InChI=1S/C33H44FN3O4S/c1-5-22(2)35-32(39)23(3)36(20-24-6-10-29(34)11-7-24)31(38)21-37(42(4,40)41)30-12-8-28(9-13-30)33-17-25-14-26(18-33)16-27(15-25)19-33/h6-13,22-23,25-27H,5,14-21H2,1-4H3,(H,35,39)/t22-,23-,25?,26?,27?,33?/m1/s1. The van der Waals surface area contributed by atoms with Crippen molar-refractivity contribution in [3.05, 3.63) is 65.5 Å². The van der Waals surface area contributed by atoms with E-state index in [0.29, 0.717) is 11.3 Å². The number of amides is 2. The minimum absolute atomic E-state index is 0.0385. The van der Waals surface area contributed by atoms with Gasteiger partial charge in [0, 0.05) is 12.6 Å². The summed E-state index contributed by atoms with van der Waals surface area (Å²) < 4.78 is 40.7. The first-order chi connectivity index (χ1) is 19.9. The average Bonchev–Trinajstić information content (AvgIpc) is 2.93. The van der Waals surface area contributed by atoms with Crippen molar-refractivity contribution in [2.45, 2.75) is 89.8 Å². The van der Waals surface area contributed by atoms with Gasteiger partial charge in [0.25, 0.3) is 0 Å². The second-order valence-corrected chi connectivity index (χ2v) is 15.1. The zero-order valence-corrected chi connectivity index (χ0v) is 26.0. The van der Waals surface area contributed by atoms with E-state index in [1.807, 2.05) is 26.0 Å². The molecule has 42 heavy (non-hydrogen) atoms. The van der Waals surface area contributed by atoms with Crippen LogP contribution in [0.1, 0.15) is 76.8 Å². The molecular formula is C33H44FN3O4S. The van der Waals surface area contributed by atoms with E-state index in [0.717, 1.165) is 34.7 Å². The Hall–Kier alpha value is -2.94. The van der Waals surface area contributed by atoms with Crippen LogP contribution in [0.4, 0.5) is 10.1 Å². The molecule has 4 bridgehead atoms. The molecule has 0 radical (unpaired) electrons. The van der Waals surface area contributed by atoms with Gasteiger partial charge in [-0.1, -0.05) is 31.2 Å². The molecule has 228 valence electrons. The van der Waals surface area contributed by atoms with E-state index >= 15 is 0 Å². The fourth-order valence-electron chi connectivity index (χ4n) is 7.89. The lowest BCUT2D eigenvalue weighted by Gasteiger charge is -2.57. The van der Waals surface area contributed by atoms with Crippen molar-refractivity contribution in [1.82, 2.24) is 10.2 Å². The number of carbonyl (C=O) groups excluding carboxylic acids is 2. The van der Waals surface area contributed by atoms with Crippen LogP contribution in [0, 0.1) is 23.6 Å². The Kier molecular flexibility index (Phi) is 8.70. The highest BCUT2D eigenvalue weighted by Crippen LogP contribution is 2.60. The molecule has 0 spiro atoms. The SMILES string of the molecule is CC[C@@H](C)NC(=O)[C@@H](C)N(Cc1ccc(F)cc1)C(=O)CN(c1ccc(C23CC4CC(CC(C4)C2)C3)cc1)S(C)(=O)=O. The number of hydrogen-bond acceptors (Lipinski definition) is 4. The van der Waals surface area contributed by atoms with E-state index < -0.39 is 34.3 Å². The predicted octanol–water partition coefficient (Wildman–Crippen LogP) is 5.39. The van der Waals surface area contributed by atoms with E-state index in [-0.39, 0.29) is 23.9 Å². The normalized spacial score (nSPS) is 26.0. The van der Waals surface area contributed by atoms with Gasteiger partial charge in [-0.3, -0.25) is 13.9 Å². The van der Waals surface area contributed by atoms with Crippen molar-refractivity contribution in [1.29, 1.82) is 0 Å². The lowest BCUT2D eigenvalue weighted by Crippen LogP contribution is -2.52. The summed E-state index contributed by atoms with van der Waals surface area (Å²) in [6, 6.07) is 12.6. The summed E-state index contributed by atoms with van der Waals surface area (Å²) in [7, 11) is -3.82. The number of anilines is 1. The summed E-state index contributed by atoms with van der Waals surface area (Å²) >= 11 is 0. The number of nitrogens with zero attached hydrogens (tertiary/aromatic N) is 2. The number of nitrogens with one attached hydrogen (secondary N) is 1. The Balaban J connectivity index is 1.38. The predicted molar refractivity (Wildman–Crippen MR) is 163 cm³/mol. The van der Waals surface area contributed by atoms with Crippen molar-refractivity contribution >= 4 is 27.5 Å². The highest BCUT2D eigenvalue weighted by Gasteiger charge is 2.51. The zero-order chi connectivity index (χ0) is 30.2.